The van der Waals surface area contributed by atoms with Gasteiger partial charge in [0.1, 0.15) is 11.9 Å². The zero-order valence-electron chi connectivity index (χ0n) is 15.9. The monoisotopic (exact) mass is 371 g/mol. The molecule has 1 fully saturated rings. The average Bonchev–Trinajstić information content (AvgIpc) is 3.15. The number of hydrogen-bond acceptors (Lipinski definition) is 6. The van der Waals surface area contributed by atoms with Crippen LogP contribution in [0, 0.1) is 0 Å². The van der Waals surface area contributed by atoms with Gasteiger partial charge in [0, 0.05) is 25.4 Å². The van der Waals surface area contributed by atoms with Gasteiger partial charge in [-0.25, -0.2) is 9.97 Å². The van der Waals surface area contributed by atoms with Crippen molar-refractivity contribution in [1.29, 1.82) is 0 Å². The fraction of sp³-hybridized carbons (Fsp3) is 0.450. The molecule has 0 radical (unpaired) electrons. The van der Waals surface area contributed by atoms with Crippen molar-refractivity contribution < 1.29 is 19.0 Å². The van der Waals surface area contributed by atoms with Crippen molar-refractivity contribution in [3.8, 4) is 17.5 Å². The Kier molecular flexibility index (Phi) is 6.11. The number of carbonyl (C=O) groups excluding carboxylic acids is 1. The van der Waals surface area contributed by atoms with Crippen LogP contribution >= 0.6 is 0 Å². The molecule has 144 valence electrons. The molecule has 1 aliphatic heterocycles. The molecular weight excluding hydrogens is 346 g/mol. The Morgan fingerprint density at radius 2 is 1.89 bits per heavy atom. The van der Waals surface area contributed by atoms with Gasteiger partial charge < -0.3 is 19.1 Å². The number of hydrogen-bond donors (Lipinski definition) is 0. The lowest BCUT2D eigenvalue weighted by atomic mass is 10.0. The quantitative estimate of drug-likeness (QED) is 0.745. The smallest absolute Gasteiger partial charge is 0.278 e. The van der Waals surface area contributed by atoms with Crippen LogP contribution in [0.4, 0.5) is 0 Å². The number of methoxy groups -OCH3 is 1. The molecule has 1 unspecified atom stereocenters. The highest BCUT2D eigenvalue weighted by atomic mass is 16.5. The molecule has 7 heteroatoms. The highest BCUT2D eigenvalue weighted by Crippen LogP contribution is 2.24. The van der Waals surface area contributed by atoms with E-state index < -0.39 is 0 Å². The number of ether oxygens (including phenoxy) is 3. The molecule has 0 N–H and O–H groups in total. The number of likely N-dealkylation sites (tertiary alicyclic amines) is 1. The minimum absolute atomic E-state index is 0.0161. The largest absolute Gasteiger partial charge is 0.484 e. The fourth-order valence-electron chi connectivity index (χ4n) is 2.93. The maximum atomic E-state index is 12.4. The van der Waals surface area contributed by atoms with Gasteiger partial charge in [0.05, 0.1) is 13.7 Å². The summed E-state index contributed by atoms with van der Waals surface area (Å²) in [6.45, 7) is 5.42. The van der Waals surface area contributed by atoms with Crippen molar-refractivity contribution in [1.82, 2.24) is 14.9 Å². The van der Waals surface area contributed by atoms with Gasteiger partial charge in [-0.15, -0.1) is 0 Å². The molecule has 1 aromatic heterocycles. The maximum absolute atomic E-state index is 12.4. The number of benzene rings is 1. The molecule has 7 nitrogen and oxygen atoms in total. The van der Waals surface area contributed by atoms with E-state index >= 15 is 0 Å². The predicted octanol–water partition coefficient (Wildman–Crippen LogP) is 2.67. The summed E-state index contributed by atoms with van der Waals surface area (Å²) in [5.41, 5.74) is 1.24. The highest BCUT2D eigenvalue weighted by molar-refractivity contribution is 5.78. The molecule has 0 aliphatic carbocycles. The van der Waals surface area contributed by atoms with E-state index in [4.69, 9.17) is 14.2 Å². The zero-order valence-corrected chi connectivity index (χ0v) is 15.9. The number of nitrogens with zero attached hydrogens (tertiary/aromatic N) is 3. The van der Waals surface area contributed by atoms with Crippen LogP contribution in [0.5, 0.6) is 17.5 Å². The van der Waals surface area contributed by atoms with Crippen LogP contribution in [0.3, 0.4) is 0 Å². The molecule has 3 rings (SSSR count). The van der Waals surface area contributed by atoms with Crippen LogP contribution in [0.2, 0.25) is 0 Å². The van der Waals surface area contributed by atoms with E-state index in [1.807, 2.05) is 24.3 Å². The Morgan fingerprint density at radius 1 is 1.19 bits per heavy atom. The second-order valence-corrected chi connectivity index (χ2v) is 6.75. The van der Waals surface area contributed by atoms with Crippen molar-refractivity contribution >= 4 is 5.91 Å². The first-order chi connectivity index (χ1) is 13.1. The normalized spacial score (nSPS) is 16.4. The summed E-state index contributed by atoms with van der Waals surface area (Å²) in [7, 11) is 1.52. The fourth-order valence-corrected chi connectivity index (χ4v) is 2.93. The summed E-state index contributed by atoms with van der Waals surface area (Å²) in [5.74, 6) is 1.80. The van der Waals surface area contributed by atoms with Crippen LogP contribution in [0.25, 0.3) is 0 Å². The summed E-state index contributed by atoms with van der Waals surface area (Å²) in [5, 5.41) is 0. The number of amides is 1. The van der Waals surface area contributed by atoms with Crippen molar-refractivity contribution in [3.63, 3.8) is 0 Å². The third-order valence-electron chi connectivity index (χ3n) is 4.51. The van der Waals surface area contributed by atoms with E-state index in [9.17, 15) is 4.79 Å². The van der Waals surface area contributed by atoms with Crippen molar-refractivity contribution in [2.75, 3.05) is 26.8 Å². The molecule has 2 aromatic rings. The standard InChI is InChI=1S/C20H25N3O4/c1-14(2)15-4-6-16(7-5-15)26-13-18(24)23-11-8-17(12-23)27-20-19(25-3)21-9-10-22-20/h4-7,9-10,14,17H,8,11-13H2,1-3H3. The second-order valence-electron chi connectivity index (χ2n) is 6.75. The molecule has 0 saturated carbocycles. The van der Waals surface area contributed by atoms with Crippen LogP contribution in [0.1, 0.15) is 31.7 Å². The third-order valence-corrected chi connectivity index (χ3v) is 4.51. The molecule has 1 aromatic carbocycles. The molecule has 1 atom stereocenters. The SMILES string of the molecule is COc1nccnc1OC1CCN(C(=O)COc2ccc(C(C)C)cc2)C1. The first-order valence-corrected chi connectivity index (χ1v) is 9.09. The Morgan fingerprint density at radius 3 is 2.56 bits per heavy atom. The average molecular weight is 371 g/mol. The van der Waals surface area contributed by atoms with Gasteiger partial charge in [-0.05, 0) is 23.6 Å². The Hall–Kier alpha value is -2.83. The predicted molar refractivity (Wildman–Crippen MR) is 100 cm³/mol. The van der Waals surface area contributed by atoms with Crippen LogP contribution in [-0.4, -0.2) is 53.7 Å². The highest BCUT2D eigenvalue weighted by Gasteiger charge is 2.29. The van der Waals surface area contributed by atoms with Gasteiger partial charge in [0.25, 0.3) is 17.7 Å². The Balaban J connectivity index is 1.49. The minimum Gasteiger partial charge on any atom is -0.484 e. The zero-order chi connectivity index (χ0) is 19.2. The topological polar surface area (TPSA) is 73.8 Å². The summed E-state index contributed by atoms with van der Waals surface area (Å²) >= 11 is 0. The molecule has 27 heavy (non-hydrogen) atoms. The van der Waals surface area contributed by atoms with Crippen molar-refractivity contribution in [2.45, 2.75) is 32.3 Å². The van der Waals surface area contributed by atoms with E-state index in [-0.39, 0.29) is 18.6 Å². The Labute approximate surface area is 159 Å². The van der Waals surface area contributed by atoms with Crippen molar-refractivity contribution in [2.24, 2.45) is 0 Å². The third kappa shape index (κ3) is 4.87. The van der Waals surface area contributed by atoms with E-state index in [2.05, 4.69) is 23.8 Å². The minimum atomic E-state index is -0.134. The molecule has 1 amide bonds. The molecule has 0 spiro atoms. The van der Waals surface area contributed by atoms with E-state index in [1.165, 1.54) is 12.7 Å². The van der Waals surface area contributed by atoms with Gasteiger partial charge in [-0.3, -0.25) is 4.79 Å². The molecule has 1 saturated heterocycles. The van der Waals surface area contributed by atoms with E-state index in [0.717, 1.165) is 6.42 Å². The number of aromatic nitrogens is 2. The van der Waals surface area contributed by atoms with Gasteiger partial charge >= 0.3 is 0 Å². The first-order valence-electron chi connectivity index (χ1n) is 9.09. The van der Waals surface area contributed by atoms with Crippen LogP contribution in [0.15, 0.2) is 36.7 Å². The number of rotatable bonds is 7. The van der Waals surface area contributed by atoms with Gasteiger partial charge in [-0.2, -0.15) is 0 Å². The van der Waals surface area contributed by atoms with Gasteiger partial charge in [-0.1, -0.05) is 26.0 Å². The molecule has 2 heterocycles. The van der Waals surface area contributed by atoms with Gasteiger partial charge in [0.15, 0.2) is 6.61 Å². The lowest BCUT2D eigenvalue weighted by Gasteiger charge is -2.17. The summed E-state index contributed by atoms with van der Waals surface area (Å²) in [6.07, 6.45) is 3.69. The molecular formula is C20H25N3O4. The Bertz CT molecular complexity index is 764. The number of carbonyl (C=O) groups is 1. The molecule has 1 aliphatic rings. The lowest BCUT2D eigenvalue weighted by Crippen LogP contribution is -2.34. The summed E-state index contributed by atoms with van der Waals surface area (Å²) < 4.78 is 16.6. The van der Waals surface area contributed by atoms with Gasteiger partial charge in [0.2, 0.25) is 0 Å². The summed E-state index contributed by atoms with van der Waals surface area (Å²) in [6, 6.07) is 7.86. The lowest BCUT2D eigenvalue weighted by molar-refractivity contribution is -0.132. The maximum Gasteiger partial charge on any atom is 0.278 e. The van der Waals surface area contributed by atoms with Crippen LogP contribution < -0.4 is 14.2 Å². The summed E-state index contributed by atoms with van der Waals surface area (Å²) in [4.78, 5) is 22.4. The molecule has 0 bridgehead atoms. The second kappa shape index (κ2) is 8.70. The first kappa shape index (κ1) is 18.9. The van der Waals surface area contributed by atoms with E-state index in [0.29, 0.717) is 36.5 Å². The van der Waals surface area contributed by atoms with E-state index in [1.54, 1.807) is 17.3 Å². The van der Waals surface area contributed by atoms with Crippen LogP contribution in [-0.2, 0) is 4.79 Å². The van der Waals surface area contributed by atoms with Crippen molar-refractivity contribution in [3.05, 3.63) is 42.2 Å².